The van der Waals surface area contributed by atoms with Gasteiger partial charge in [0, 0.05) is 11.3 Å². The molecule has 0 fully saturated rings. The third-order valence-corrected chi connectivity index (χ3v) is 2.38. The topological polar surface area (TPSA) is 32.3 Å². The third-order valence-electron chi connectivity index (χ3n) is 2.38. The van der Waals surface area contributed by atoms with Gasteiger partial charge >= 0.3 is 0 Å². The summed E-state index contributed by atoms with van der Waals surface area (Å²) in [6.07, 6.45) is -0.551. The highest BCUT2D eigenvalue weighted by molar-refractivity contribution is 5.77. The minimum atomic E-state index is -0.551. The summed E-state index contributed by atoms with van der Waals surface area (Å²) in [7, 11) is 0. The standard InChI is InChI=1S/C14H15NO/c1-11(16)15-14-10-6-5-9-13(14)12-7-3-2-4-8-12/h2-11,15-16H,1H3. The Labute approximate surface area is 95.6 Å². The molecule has 1 unspecified atom stereocenters. The molecule has 0 aliphatic heterocycles. The van der Waals surface area contributed by atoms with Crippen molar-refractivity contribution >= 4 is 5.69 Å². The fraction of sp³-hybridized carbons (Fsp3) is 0.143. The van der Waals surface area contributed by atoms with Crippen molar-refractivity contribution in [1.29, 1.82) is 0 Å². The van der Waals surface area contributed by atoms with E-state index >= 15 is 0 Å². The Kier molecular flexibility index (Phi) is 3.22. The smallest absolute Gasteiger partial charge is 0.121 e. The molecule has 0 aromatic heterocycles. The maximum atomic E-state index is 9.37. The highest BCUT2D eigenvalue weighted by atomic mass is 16.3. The number of hydrogen-bond acceptors (Lipinski definition) is 2. The Balaban J connectivity index is 2.41. The number of nitrogens with one attached hydrogen (secondary N) is 1. The van der Waals surface area contributed by atoms with Gasteiger partial charge in [-0.15, -0.1) is 0 Å². The van der Waals surface area contributed by atoms with Crippen molar-refractivity contribution in [2.45, 2.75) is 13.2 Å². The van der Waals surface area contributed by atoms with E-state index in [1.807, 2.05) is 42.5 Å². The van der Waals surface area contributed by atoms with Gasteiger partial charge in [0.2, 0.25) is 0 Å². The zero-order valence-corrected chi connectivity index (χ0v) is 9.22. The highest BCUT2D eigenvalue weighted by Gasteiger charge is 2.04. The fourth-order valence-electron chi connectivity index (χ4n) is 1.70. The van der Waals surface area contributed by atoms with Crippen molar-refractivity contribution in [1.82, 2.24) is 0 Å². The molecule has 0 spiro atoms. The quantitative estimate of drug-likeness (QED) is 0.768. The zero-order chi connectivity index (χ0) is 11.4. The Morgan fingerprint density at radius 2 is 1.56 bits per heavy atom. The number of benzene rings is 2. The lowest BCUT2D eigenvalue weighted by molar-refractivity contribution is 0.224. The van der Waals surface area contributed by atoms with Crippen molar-refractivity contribution in [3.8, 4) is 11.1 Å². The molecule has 0 bridgehead atoms. The first-order valence-electron chi connectivity index (χ1n) is 5.36. The molecule has 1 atom stereocenters. The van der Waals surface area contributed by atoms with Crippen molar-refractivity contribution in [3.05, 3.63) is 54.6 Å². The van der Waals surface area contributed by atoms with Crippen molar-refractivity contribution in [2.24, 2.45) is 0 Å². The summed E-state index contributed by atoms with van der Waals surface area (Å²) < 4.78 is 0. The SMILES string of the molecule is CC(O)Nc1ccccc1-c1ccccc1. The molecule has 2 nitrogen and oxygen atoms in total. The minimum absolute atomic E-state index is 0.551. The first-order chi connectivity index (χ1) is 7.77. The number of para-hydroxylation sites is 1. The van der Waals surface area contributed by atoms with E-state index in [2.05, 4.69) is 17.4 Å². The van der Waals surface area contributed by atoms with Gasteiger partial charge in [0.1, 0.15) is 6.23 Å². The summed E-state index contributed by atoms with van der Waals surface area (Å²) in [6.45, 7) is 1.71. The molecule has 0 saturated heterocycles. The van der Waals surface area contributed by atoms with Gasteiger partial charge in [0.05, 0.1) is 0 Å². The van der Waals surface area contributed by atoms with Crippen LogP contribution in [0.3, 0.4) is 0 Å². The molecular weight excluding hydrogens is 198 g/mol. The lowest BCUT2D eigenvalue weighted by Gasteiger charge is -2.14. The average molecular weight is 213 g/mol. The van der Waals surface area contributed by atoms with Crippen molar-refractivity contribution < 1.29 is 5.11 Å². The van der Waals surface area contributed by atoms with Gasteiger partial charge in [-0.25, -0.2) is 0 Å². The molecule has 0 aliphatic rings. The molecule has 0 heterocycles. The van der Waals surface area contributed by atoms with Crippen LogP contribution >= 0.6 is 0 Å². The van der Waals surface area contributed by atoms with Crippen LogP contribution in [0.2, 0.25) is 0 Å². The maximum absolute atomic E-state index is 9.37. The molecule has 2 aromatic rings. The lowest BCUT2D eigenvalue weighted by Crippen LogP contribution is -2.13. The maximum Gasteiger partial charge on any atom is 0.121 e. The second-order valence-corrected chi connectivity index (χ2v) is 3.73. The van der Waals surface area contributed by atoms with Crippen molar-refractivity contribution in [3.63, 3.8) is 0 Å². The van der Waals surface area contributed by atoms with Crippen LogP contribution in [0.1, 0.15) is 6.92 Å². The van der Waals surface area contributed by atoms with Gasteiger partial charge in [-0.3, -0.25) is 0 Å². The summed E-state index contributed by atoms with van der Waals surface area (Å²) in [4.78, 5) is 0. The monoisotopic (exact) mass is 213 g/mol. The molecule has 2 heteroatoms. The van der Waals surface area contributed by atoms with Crippen LogP contribution in [0.25, 0.3) is 11.1 Å². The van der Waals surface area contributed by atoms with Crippen LogP contribution < -0.4 is 5.32 Å². The Morgan fingerprint density at radius 3 is 2.25 bits per heavy atom. The normalized spacial score (nSPS) is 12.1. The summed E-state index contributed by atoms with van der Waals surface area (Å²) in [5.41, 5.74) is 3.19. The number of anilines is 1. The van der Waals surface area contributed by atoms with Crippen molar-refractivity contribution in [2.75, 3.05) is 5.32 Å². The van der Waals surface area contributed by atoms with Gasteiger partial charge < -0.3 is 10.4 Å². The Morgan fingerprint density at radius 1 is 0.938 bits per heavy atom. The molecule has 2 aromatic carbocycles. The Bertz CT molecular complexity index is 451. The minimum Gasteiger partial charge on any atom is -0.374 e. The second kappa shape index (κ2) is 4.81. The molecule has 0 radical (unpaired) electrons. The van der Waals surface area contributed by atoms with Gasteiger partial charge in [-0.1, -0.05) is 48.5 Å². The second-order valence-electron chi connectivity index (χ2n) is 3.73. The van der Waals surface area contributed by atoms with E-state index in [9.17, 15) is 5.11 Å². The largest absolute Gasteiger partial charge is 0.374 e. The van der Waals surface area contributed by atoms with E-state index in [1.165, 1.54) is 0 Å². The molecule has 82 valence electrons. The van der Waals surface area contributed by atoms with E-state index in [0.717, 1.165) is 16.8 Å². The van der Waals surface area contributed by atoms with Gasteiger partial charge in [-0.05, 0) is 18.6 Å². The first-order valence-corrected chi connectivity index (χ1v) is 5.36. The van der Waals surface area contributed by atoms with Crippen LogP contribution in [0.4, 0.5) is 5.69 Å². The van der Waals surface area contributed by atoms with Crippen LogP contribution in [-0.4, -0.2) is 11.3 Å². The first kappa shape index (κ1) is 10.7. The third kappa shape index (κ3) is 2.41. The predicted molar refractivity (Wildman–Crippen MR) is 67.2 cm³/mol. The molecule has 0 amide bonds. The number of aliphatic hydroxyl groups excluding tert-OH is 1. The van der Waals surface area contributed by atoms with E-state index < -0.39 is 6.23 Å². The van der Waals surface area contributed by atoms with E-state index in [-0.39, 0.29) is 0 Å². The van der Waals surface area contributed by atoms with Gasteiger partial charge in [0.25, 0.3) is 0 Å². The van der Waals surface area contributed by atoms with E-state index in [1.54, 1.807) is 6.92 Å². The molecule has 0 saturated carbocycles. The predicted octanol–water partition coefficient (Wildman–Crippen LogP) is 3.10. The van der Waals surface area contributed by atoms with E-state index in [4.69, 9.17) is 0 Å². The average Bonchev–Trinajstić information content (AvgIpc) is 2.30. The summed E-state index contributed by atoms with van der Waals surface area (Å²) >= 11 is 0. The number of rotatable bonds is 3. The number of hydrogen-bond donors (Lipinski definition) is 2. The molecule has 0 aliphatic carbocycles. The number of aliphatic hydroxyl groups is 1. The van der Waals surface area contributed by atoms with Gasteiger partial charge in [-0.2, -0.15) is 0 Å². The van der Waals surface area contributed by atoms with Crippen LogP contribution in [-0.2, 0) is 0 Å². The fourth-order valence-corrected chi connectivity index (χ4v) is 1.70. The molecule has 2 rings (SSSR count). The Hall–Kier alpha value is -1.80. The van der Waals surface area contributed by atoms with Crippen LogP contribution in [0.5, 0.6) is 0 Å². The summed E-state index contributed by atoms with van der Waals surface area (Å²) in [5, 5.41) is 12.4. The molecule has 16 heavy (non-hydrogen) atoms. The zero-order valence-electron chi connectivity index (χ0n) is 9.22. The van der Waals surface area contributed by atoms with Crippen LogP contribution in [0, 0.1) is 0 Å². The molecule has 2 N–H and O–H groups in total. The van der Waals surface area contributed by atoms with Crippen LogP contribution in [0.15, 0.2) is 54.6 Å². The van der Waals surface area contributed by atoms with E-state index in [0.29, 0.717) is 0 Å². The van der Waals surface area contributed by atoms with Gasteiger partial charge in [0.15, 0.2) is 0 Å². The molecular formula is C14H15NO. The lowest BCUT2D eigenvalue weighted by atomic mass is 10.0. The summed E-state index contributed by atoms with van der Waals surface area (Å²) in [5.74, 6) is 0. The highest BCUT2D eigenvalue weighted by Crippen LogP contribution is 2.27. The summed E-state index contributed by atoms with van der Waals surface area (Å²) in [6, 6.07) is 18.1.